The highest BCUT2D eigenvalue weighted by Crippen LogP contribution is 2.55. The van der Waals surface area contributed by atoms with Gasteiger partial charge in [-0.3, -0.25) is 14.4 Å². The normalized spacial score (nSPS) is 33.5. The van der Waals surface area contributed by atoms with Gasteiger partial charge in [-0.1, -0.05) is 68.6 Å². The first-order chi connectivity index (χ1) is 19.7. The second-order valence-electron chi connectivity index (χ2n) is 11.9. The van der Waals surface area contributed by atoms with Gasteiger partial charge in [-0.05, 0) is 54.2 Å². The molecule has 3 fully saturated rings. The first kappa shape index (κ1) is 27.8. The Balaban J connectivity index is 1.33. The summed E-state index contributed by atoms with van der Waals surface area (Å²) in [4.78, 5) is 43.7. The molecule has 4 aliphatic rings. The second-order valence-corrected chi connectivity index (χ2v) is 12.3. The van der Waals surface area contributed by atoms with Gasteiger partial charge in [0.1, 0.15) is 17.4 Å². The number of rotatable bonds is 7. The van der Waals surface area contributed by atoms with Crippen molar-refractivity contribution in [2.45, 2.75) is 63.4 Å². The van der Waals surface area contributed by atoms with Crippen molar-refractivity contribution in [1.82, 2.24) is 10.2 Å². The van der Waals surface area contributed by atoms with Gasteiger partial charge in [0.25, 0.3) is 0 Å². The highest BCUT2D eigenvalue weighted by Gasteiger charge is 2.72. The summed E-state index contributed by atoms with van der Waals surface area (Å²) >= 11 is 6.13. The first-order valence-electron chi connectivity index (χ1n) is 14.4. The molecule has 1 spiro atoms. The van der Waals surface area contributed by atoms with Crippen LogP contribution in [-0.4, -0.2) is 53.5 Å². The molecule has 1 saturated carbocycles. The monoisotopic (exact) mass is 577 g/mol. The lowest BCUT2D eigenvalue weighted by Crippen LogP contribution is -2.57. The van der Waals surface area contributed by atoms with Gasteiger partial charge in [0.05, 0.1) is 25.0 Å². The number of ether oxygens (including phenoxy) is 2. The number of fused-ring (bicyclic) bond motifs is 1. The molecule has 2 aromatic carbocycles. The lowest BCUT2D eigenvalue weighted by Gasteiger charge is -2.38. The molecule has 6 rings (SSSR count). The zero-order chi connectivity index (χ0) is 28.9. The Morgan fingerprint density at radius 1 is 1.12 bits per heavy atom. The summed E-state index contributed by atoms with van der Waals surface area (Å²) in [5.41, 5.74) is 0.169. The molecule has 0 aromatic heterocycles. The highest BCUT2D eigenvalue weighted by atomic mass is 35.5. The van der Waals surface area contributed by atoms with Crippen molar-refractivity contribution >= 4 is 35.0 Å². The maximum atomic E-state index is 14.3. The standard InChI is InChI=1S/C32H36ClN3O5/c1-18-6-4-9-24(19(18)2)35-30(38)28-32-15-14-25(41-32)26(29(37)34-22-8-5-7-21(33)16-22)27(32)31(39)36(28)17-20-10-12-23(40-3)13-11-20/h5,7-8,10-16,18-19,24-28H,4,6,9,17H2,1-3H3,(H,34,37)(H,35,38)/t18-,19+,24+,25+,26+,27+,28-,32-/m0/s1. The molecule has 2 aromatic rings. The largest absolute Gasteiger partial charge is 0.497 e. The van der Waals surface area contributed by atoms with Gasteiger partial charge < -0.3 is 25.0 Å². The van der Waals surface area contributed by atoms with Crippen molar-refractivity contribution < 1.29 is 23.9 Å². The Morgan fingerprint density at radius 3 is 2.63 bits per heavy atom. The Labute approximate surface area is 245 Å². The van der Waals surface area contributed by atoms with E-state index >= 15 is 0 Å². The zero-order valence-corrected chi connectivity index (χ0v) is 24.3. The number of nitrogens with one attached hydrogen (secondary N) is 2. The van der Waals surface area contributed by atoms with E-state index in [0.717, 1.165) is 24.8 Å². The fourth-order valence-corrected chi connectivity index (χ4v) is 7.39. The fourth-order valence-electron chi connectivity index (χ4n) is 7.20. The number of halogens is 1. The lowest BCUT2D eigenvalue weighted by atomic mass is 9.73. The molecule has 3 aliphatic heterocycles. The van der Waals surface area contributed by atoms with Crippen molar-refractivity contribution in [2.75, 3.05) is 12.4 Å². The van der Waals surface area contributed by atoms with Gasteiger partial charge >= 0.3 is 0 Å². The molecule has 8 atom stereocenters. The third-order valence-electron chi connectivity index (χ3n) is 9.56. The number of anilines is 1. The van der Waals surface area contributed by atoms with E-state index in [4.69, 9.17) is 21.1 Å². The zero-order valence-electron chi connectivity index (χ0n) is 23.5. The number of methoxy groups -OCH3 is 1. The molecular weight excluding hydrogens is 542 g/mol. The van der Waals surface area contributed by atoms with E-state index in [1.165, 1.54) is 0 Å². The van der Waals surface area contributed by atoms with Crippen molar-refractivity contribution in [1.29, 1.82) is 0 Å². The summed E-state index contributed by atoms with van der Waals surface area (Å²) in [7, 11) is 1.60. The molecule has 3 heterocycles. The van der Waals surface area contributed by atoms with E-state index in [1.807, 2.05) is 36.4 Å². The van der Waals surface area contributed by atoms with Gasteiger partial charge in [0.2, 0.25) is 17.7 Å². The molecule has 0 radical (unpaired) electrons. The molecule has 2 bridgehead atoms. The van der Waals surface area contributed by atoms with Crippen LogP contribution in [0.1, 0.15) is 38.7 Å². The lowest BCUT2D eigenvalue weighted by molar-refractivity contribution is -0.142. The van der Waals surface area contributed by atoms with Crippen LogP contribution in [0, 0.1) is 23.7 Å². The van der Waals surface area contributed by atoms with Crippen molar-refractivity contribution in [2.24, 2.45) is 23.7 Å². The Hall–Kier alpha value is -3.36. The molecule has 41 heavy (non-hydrogen) atoms. The van der Waals surface area contributed by atoms with E-state index in [9.17, 15) is 14.4 Å². The molecule has 2 saturated heterocycles. The second kappa shape index (κ2) is 10.8. The first-order valence-corrected chi connectivity index (χ1v) is 14.8. The summed E-state index contributed by atoms with van der Waals surface area (Å²) in [5, 5.41) is 6.70. The summed E-state index contributed by atoms with van der Waals surface area (Å²) < 4.78 is 11.8. The van der Waals surface area contributed by atoms with Crippen LogP contribution in [0.4, 0.5) is 5.69 Å². The summed E-state index contributed by atoms with van der Waals surface area (Å²) in [6.07, 6.45) is 6.16. The SMILES string of the molecule is COc1ccc(CN2C(=O)[C@H]3[C@H](C(=O)Nc4cccc(Cl)c4)[C@H]4C=C[C@@]3(O4)[C@@H]2C(=O)N[C@@H]2CCC[C@H](C)[C@H]2C)cc1. The van der Waals surface area contributed by atoms with Gasteiger partial charge in [0.15, 0.2) is 0 Å². The number of hydrogen-bond donors (Lipinski definition) is 2. The molecule has 1 aliphatic carbocycles. The van der Waals surface area contributed by atoms with E-state index in [-0.39, 0.29) is 30.3 Å². The van der Waals surface area contributed by atoms with Gasteiger partial charge in [-0.15, -0.1) is 0 Å². The highest BCUT2D eigenvalue weighted by molar-refractivity contribution is 6.30. The molecule has 8 nitrogen and oxygen atoms in total. The van der Waals surface area contributed by atoms with Gasteiger partial charge in [-0.2, -0.15) is 0 Å². The Morgan fingerprint density at radius 2 is 1.90 bits per heavy atom. The number of likely N-dealkylation sites (tertiary alicyclic amines) is 1. The van der Waals surface area contributed by atoms with Gasteiger partial charge in [-0.25, -0.2) is 0 Å². The van der Waals surface area contributed by atoms with Crippen LogP contribution in [0.25, 0.3) is 0 Å². The molecular formula is C32H36ClN3O5. The number of carbonyl (C=O) groups is 3. The number of carbonyl (C=O) groups excluding carboxylic acids is 3. The number of benzene rings is 2. The number of amides is 3. The molecule has 9 heteroatoms. The van der Waals surface area contributed by atoms with E-state index in [0.29, 0.717) is 28.3 Å². The minimum absolute atomic E-state index is 0.0177. The van der Waals surface area contributed by atoms with Crippen LogP contribution >= 0.6 is 11.6 Å². The number of nitrogens with zero attached hydrogens (tertiary/aromatic N) is 1. The van der Waals surface area contributed by atoms with E-state index in [1.54, 1.807) is 36.3 Å². The van der Waals surface area contributed by atoms with Crippen LogP contribution < -0.4 is 15.4 Å². The number of hydrogen-bond acceptors (Lipinski definition) is 5. The maximum absolute atomic E-state index is 14.3. The predicted molar refractivity (Wildman–Crippen MR) is 155 cm³/mol. The third-order valence-corrected chi connectivity index (χ3v) is 9.80. The smallest absolute Gasteiger partial charge is 0.246 e. The van der Waals surface area contributed by atoms with Crippen molar-refractivity contribution in [3.05, 3.63) is 71.3 Å². The minimum Gasteiger partial charge on any atom is -0.497 e. The summed E-state index contributed by atoms with van der Waals surface area (Å²) in [6, 6.07) is 13.4. The average Bonchev–Trinajstić information content (AvgIpc) is 3.59. The molecule has 216 valence electrons. The fraction of sp³-hybridized carbons (Fsp3) is 0.469. The van der Waals surface area contributed by atoms with Crippen LogP contribution in [0.2, 0.25) is 5.02 Å². The molecule has 2 N–H and O–H groups in total. The van der Waals surface area contributed by atoms with Crippen LogP contribution in [0.3, 0.4) is 0 Å². The molecule has 3 amide bonds. The topological polar surface area (TPSA) is 97.0 Å². The minimum atomic E-state index is -1.22. The summed E-state index contributed by atoms with van der Waals surface area (Å²) in [6.45, 7) is 4.61. The quantitative estimate of drug-likeness (QED) is 0.470. The summed E-state index contributed by atoms with van der Waals surface area (Å²) in [5.74, 6) is -0.911. The predicted octanol–water partition coefficient (Wildman–Crippen LogP) is 4.58. The van der Waals surface area contributed by atoms with Gasteiger partial charge in [0, 0.05) is 23.3 Å². The van der Waals surface area contributed by atoms with Crippen molar-refractivity contribution in [3.8, 4) is 5.75 Å². The van der Waals surface area contributed by atoms with Crippen LogP contribution in [0.5, 0.6) is 5.75 Å². The molecule has 0 unspecified atom stereocenters. The van der Waals surface area contributed by atoms with E-state index in [2.05, 4.69) is 24.5 Å². The van der Waals surface area contributed by atoms with Crippen molar-refractivity contribution in [3.63, 3.8) is 0 Å². The van der Waals surface area contributed by atoms with Crippen LogP contribution in [0.15, 0.2) is 60.7 Å². The average molecular weight is 578 g/mol. The van der Waals surface area contributed by atoms with Crippen LogP contribution in [-0.2, 0) is 25.7 Å². The van der Waals surface area contributed by atoms with E-state index < -0.39 is 29.6 Å². The Bertz CT molecular complexity index is 1380. The third kappa shape index (κ3) is 4.81. The Kier molecular flexibility index (Phi) is 7.32. The maximum Gasteiger partial charge on any atom is 0.246 e.